The topological polar surface area (TPSA) is 100.0 Å². The van der Waals surface area contributed by atoms with Crippen LogP contribution >= 0.6 is 0 Å². The molecule has 2 N–H and O–H groups in total. The van der Waals surface area contributed by atoms with Crippen LogP contribution in [0, 0.1) is 0 Å². The summed E-state index contributed by atoms with van der Waals surface area (Å²) in [6, 6.07) is 10.1. The first-order valence-corrected chi connectivity index (χ1v) is 5.96. The normalized spacial score (nSPS) is 9.90. The minimum Gasteiger partial charge on any atom is -0.504 e. The molecule has 108 valence electrons. The van der Waals surface area contributed by atoms with Gasteiger partial charge in [-0.2, -0.15) is 0 Å². The van der Waals surface area contributed by atoms with Gasteiger partial charge in [-0.15, -0.1) is 0 Å². The van der Waals surface area contributed by atoms with Crippen LogP contribution in [0.4, 0.5) is 5.82 Å². The third kappa shape index (κ3) is 3.69. The summed E-state index contributed by atoms with van der Waals surface area (Å²) in [4.78, 5) is 26.1. The number of carboxylic acids is 1. The number of aliphatic carboxylic acids is 1. The van der Waals surface area contributed by atoms with Gasteiger partial charge < -0.3 is 14.9 Å². The van der Waals surface area contributed by atoms with Crippen molar-refractivity contribution < 1.29 is 24.5 Å². The molecule has 21 heavy (non-hydrogen) atoms. The second-order valence-electron chi connectivity index (χ2n) is 4.06. The van der Waals surface area contributed by atoms with E-state index in [2.05, 4.69) is 4.98 Å². The maximum Gasteiger partial charge on any atom is 0.323 e. The first-order chi connectivity index (χ1) is 10.1. The molecule has 2 aromatic rings. The van der Waals surface area contributed by atoms with Crippen molar-refractivity contribution in [3.8, 4) is 17.2 Å². The van der Waals surface area contributed by atoms with E-state index in [-0.39, 0.29) is 23.7 Å². The second-order valence-corrected chi connectivity index (χ2v) is 4.06. The molecule has 0 bridgehead atoms. The molecule has 0 atom stereocenters. The summed E-state index contributed by atoms with van der Waals surface area (Å²) >= 11 is 0. The Morgan fingerprint density at radius 3 is 2.57 bits per heavy atom. The number of hydrogen-bond acceptors (Lipinski definition) is 5. The number of para-hydroxylation sites is 1. The van der Waals surface area contributed by atoms with Gasteiger partial charge in [0.2, 0.25) is 6.41 Å². The van der Waals surface area contributed by atoms with Crippen molar-refractivity contribution in [2.45, 2.75) is 0 Å². The van der Waals surface area contributed by atoms with E-state index in [0.29, 0.717) is 5.75 Å². The fraction of sp³-hybridized carbons (Fsp3) is 0.0714. The number of amides is 1. The van der Waals surface area contributed by atoms with E-state index in [1.54, 1.807) is 24.3 Å². The number of benzene rings is 1. The van der Waals surface area contributed by atoms with Gasteiger partial charge in [0, 0.05) is 6.07 Å². The first kappa shape index (κ1) is 14.3. The third-order valence-corrected chi connectivity index (χ3v) is 2.51. The number of rotatable bonds is 6. The van der Waals surface area contributed by atoms with E-state index < -0.39 is 12.5 Å². The molecule has 0 radical (unpaired) electrons. The average Bonchev–Trinajstić information content (AvgIpc) is 2.46. The summed E-state index contributed by atoms with van der Waals surface area (Å²) < 4.78 is 5.46. The zero-order valence-electron chi connectivity index (χ0n) is 10.8. The highest BCUT2D eigenvalue weighted by molar-refractivity contribution is 5.85. The number of pyridine rings is 1. The van der Waals surface area contributed by atoms with Crippen LogP contribution in [0.25, 0.3) is 0 Å². The molecule has 0 aliphatic heterocycles. The summed E-state index contributed by atoms with van der Waals surface area (Å²) in [6.07, 6.45) is 1.58. The predicted octanol–water partition coefficient (Wildman–Crippen LogP) is 1.63. The van der Waals surface area contributed by atoms with Crippen LogP contribution in [-0.4, -0.2) is 34.1 Å². The molecule has 0 fully saturated rings. The van der Waals surface area contributed by atoms with E-state index in [9.17, 15) is 14.7 Å². The first-order valence-electron chi connectivity index (χ1n) is 5.96. The quantitative estimate of drug-likeness (QED) is 0.783. The van der Waals surface area contributed by atoms with Gasteiger partial charge in [-0.3, -0.25) is 14.5 Å². The van der Waals surface area contributed by atoms with Crippen LogP contribution in [0.2, 0.25) is 0 Å². The Morgan fingerprint density at radius 2 is 2.00 bits per heavy atom. The highest BCUT2D eigenvalue weighted by Crippen LogP contribution is 2.30. The second kappa shape index (κ2) is 6.38. The SMILES string of the molecule is O=CN(CC(=O)O)c1ncc(Oc2ccccc2)cc1O. The molecule has 7 nitrogen and oxygen atoms in total. The molecule has 7 heteroatoms. The molecular formula is C14H12N2O5. The fourth-order valence-electron chi connectivity index (χ4n) is 1.64. The lowest BCUT2D eigenvalue weighted by molar-refractivity contribution is -0.136. The molecule has 0 saturated carbocycles. The Kier molecular flexibility index (Phi) is 4.35. The molecule has 2 rings (SSSR count). The van der Waals surface area contributed by atoms with Crippen LogP contribution in [0.15, 0.2) is 42.6 Å². The van der Waals surface area contributed by atoms with Gasteiger partial charge in [0.05, 0.1) is 6.20 Å². The summed E-state index contributed by atoms with van der Waals surface area (Å²) in [6.45, 7) is -0.594. The van der Waals surface area contributed by atoms with E-state index >= 15 is 0 Å². The molecule has 1 amide bonds. The number of hydrogen-bond donors (Lipinski definition) is 2. The minimum atomic E-state index is -1.21. The summed E-state index contributed by atoms with van der Waals surface area (Å²) in [5.41, 5.74) is 0. The highest BCUT2D eigenvalue weighted by Gasteiger charge is 2.16. The lowest BCUT2D eigenvalue weighted by atomic mass is 10.3. The molecule has 0 unspecified atom stereocenters. The third-order valence-electron chi connectivity index (χ3n) is 2.51. The summed E-state index contributed by atoms with van der Waals surface area (Å²) in [5, 5.41) is 18.5. The number of aromatic hydroxyl groups is 1. The van der Waals surface area contributed by atoms with Crippen LogP contribution < -0.4 is 9.64 Å². The number of carboxylic acid groups (broad SMARTS) is 1. The number of carbonyl (C=O) groups is 2. The molecule has 0 spiro atoms. The van der Waals surface area contributed by atoms with Crippen molar-refractivity contribution in [2.75, 3.05) is 11.4 Å². The smallest absolute Gasteiger partial charge is 0.323 e. The Bertz CT molecular complexity index is 645. The average molecular weight is 288 g/mol. The van der Waals surface area contributed by atoms with Crippen LogP contribution in [0.5, 0.6) is 17.2 Å². The van der Waals surface area contributed by atoms with E-state index in [0.717, 1.165) is 4.90 Å². The van der Waals surface area contributed by atoms with Crippen LogP contribution in [-0.2, 0) is 9.59 Å². The standard InChI is InChI=1S/C14H12N2O5/c17-9-16(8-13(19)20)14-12(18)6-11(7-15-14)21-10-4-2-1-3-5-10/h1-7,9,18H,8H2,(H,19,20). The van der Waals surface area contributed by atoms with Gasteiger partial charge in [0.1, 0.15) is 18.0 Å². The van der Waals surface area contributed by atoms with Gasteiger partial charge in [-0.05, 0) is 12.1 Å². The predicted molar refractivity (Wildman–Crippen MR) is 73.5 cm³/mol. The summed E-state index contributed by atoms with van der Waals surface area (Å²) in [5.74, 6) is -0.884. The fourth-order valence-corrected chi connectivity index (χ4v) is 1.64. The molecule has 0 aliphatic rings. The summed E-state index contributed by atoms with van der Waals surface area (Å²) in [7, 11) is 0. The molecule has 1 heterocycles. The van der Waals surface area contributed by atoms with E-state index in [1.807, 2.05) is 6.07 Å². The monoisotopic (exact) mass is 288 g/mol. The van der Waals surface area contributed by atoms with E-state index in [4.69, 9.17) is 9.84 Å². The Hall–Kier alpha value is -3.09. The maximum absolute atomic E-state index is 10.8. The number of aromatic nitrogens is 1. The van der Waals surface area contributed by atoms with Crippen molar-refractivity contribution in [1.29, 1.82) is 0 Å². The number of nitrogens with zero attached hydrogens (tertiary/aromatic N) is 2. The number of ether oxygens (including phenoxy) is 1. The molecule has 1 aromatic heterocycles. The van der Waals surface area contributed by atoms with Gasteiger partial charge in [0.25, 0.3) is 0 Å². The van der Waals surface area contributed by atoms with Crippen molar-refractivity contribution in [3.63, 3.8) is 0 Å². The van der Waals surface area contributed by atoms with Crippen molar-refractivity contribution in [3.05, 3.63) is 42.6 Å². The van der Waals surface area contributed by atoms with Gasteiger partial charge in [-0.1, -0.05) is 18.2 Å². The Labute approximate surface area is 120 Å². The van der Waals surface area contributed by atoms with Gasteiger partial charge in [-0.25, -0.2) is 4.98 Å². The molecule has 1 aromatic carbocycles. The lowest BCUT2D eigenvalue weighted by Gasteiger charge is -2.15. The van der Waals surface area contributed by atoms with Crippen molar-refractivity contribution >= 4 is 18.2 Å². The highest BCUT2D eigenvalue weighted by atomic mass is 16.5. The van der Waals surface area contributed by atoms with E-state index in [1.165, 1.54) is 12.3 Å². The van der Waals surface area contributed by atoms with Crippen LogP contribution in [0.3, 0.4) is 0 Å². The zero-order valence-corrected chi connectivity index (χ0v) is 10.8. The maximum atomic E-state index is 10.8. The minimum absolute atomic E-state index is 0.146. The lowest BCUT2D eigenvalue weighted by Crippen LogP contribution is -2.28. The van der Waals surface area contributed by atoms with Crippen molar-refractivity contribution in [2.24, 2.45) is 0 Å². The zero-order chi connectivity index (χ0) is 15.2. The molecule has 0 saturated heterocycles. The van der Waals surface area contributed by atoms with Gasteiger partial charge in [0.15, 0.2) is 11.6 Å². The largest absolute Gasteiger partial charge is 0.504 e. The van der Waals surface area contributed by atoms with Crippen LogP contribution in [0.1, 0.15) is 0 Å². The Balaban J connectivity index is 2.20. The number of carbonyl (C=O) groups excluding carboxylic acids is 1. The Morgan fingerprint density at radius 1 is 1.29 bits per heavy atom. The molecular weight excluding hydrogens is 276 g/mol. The van der Waals surface area contributed by atoms with Crippen molar-refractivity contribution in [1.82, 2.24) is 4.98 Å². The van der Waals surface area contributed by atoms with Gasteiger partial charge >= 0.3 is 5.97 Å². The number of anilines is 1. The molecule has 0 aliphatic carbocycles.